The molecule has 2 aromatic rings. The van der Waals surface area contributed by atoms with Crippen LogP contribution in [0.15, 0.2) is 42.5 Å². The molecule has 2 amide bonds. The predicted molar refractivity (Wildman–Crippen MR) is 97.7 cm³/mol. The maximum Gasteiger partial charge on any atom is 0.255 e. The van der Waals surface area contributed by atoms with Crippen LogP contribution in [0.25, 0.3) is 0 Å². The highest BCUT2D eigenvalue weighted by atomic mass is 16.3. The lowest BCUT2D eigenvalue weighted by Crippen LogP contribution is -2.34. The summed E-state index contributed by atoms with van der Waals surface area (Å²) in [5, 5.41) is 15.1. The zero-order chi connectivity index (χ0) is 18.2. The number of phenolic OH excluding ortho intramolecular Hbond substituents is 1. The largest absolute Gasteiger partial charge is 0.507 e. The van der Waals surface area contributed by atoms with E-state index < -0.39 is 0 Å². The van der Waals surface area contributed by atoms with Gasteiger partial charge in [-0.3, -0.25) is 9.59 Å². The van der Waals surface area contributed by atoms with E-state index in [2.05, 4.69) is 35.8 Å². The lowest BCUT2D eigenvalue weighted by Gasteiger charge is -2.09. The molecule has 0 fully saturated rings. The summed E-state index contributed by atoms with van der Waals surface area (Å²) >= 11 is 0. The van der Waals surface area contributed by atoms with Crippen LogP contribution in [0.5, 0.6) is 5.75 Å². The number of phenols is 1. The molecule has 2 rings (SSSR count). The Balaban J connectivity index is 1.68. The van der Waals surface area contributed by atoms with Gasteiger partial charge in [0.1, 0.15) is 5.75 Å². The zero-order valence-electron chi connectivity index (χ0n) is 14.6. The van der Waals surface area contributed by atoms with Crippen LogP contribution in [-0.4, -0.2) is 30.0 Å². The van der Waals surface area contributed by atoms with Gasteiger partial charge in [-0.15, -0.1) is 0 Å². The van der Waals surface area contributed by atoms with Crippen molar-refractivity contribution in [2.75, 3.05) is 13.1 Å². The summed E-state index contributed by atoms with van der Waals surface area (Å²) in [4.78, 5) is 23.8. The molecule has 0 unspecified atom stereocenters. The molecule has 5 heteroatoms. The van der Waals surface area contributed by atoms with E-state index in [4.69, 9.17) is 0 Å². The molecular formula is C20H24N2O3. The van der Waals surface area contributed by atoms with E-state index >= 15 is 0 Å². The third-order valence-corrected chi connectivity index (χ3v) is 4.00. The van der Waals surface area contributed by atoms with Crippen molar-refractivity contribution < 1.29 is 14.7 Å². The number of benzene rings is 2. The third kappa shape index (κ3) is 5.64. The molecule has 0 aliphatic heterocycles. The molecule has 2 aromatic carbocycles. The monoisotopic (exact) mass is 340 g/mol. The van der Waals surface area contributed by atoms with Gasteiger partial charge in [0.05, 0.1) is 5.56 Å². The van der Waals surface area contributed by atoms with E-state index in [1.54, 1.807) is 18.2 Å². The molecule has 0 aliphatic carbocycles. The number of para-hydroxylation sites is 1. The van der Waals surface area contributed by atoms with Gasteiger partial charge >= 0.3 is 0 Å². The topological polar surface area (TPSA) is 78.4 Å². The number of rotatable bonds is 7. The lowest BCUT2D eigenvalue weighted by atomic mass is 10.0. The number of amides is 2. The van der Waals surface area contributed by atoms with Crippen molar-refractivity contribution in [3.63, 3.8) is 0 Å². The highest BCUT2D eigenvalue weighted by molar-refractivity contribution is 5.96. The minimum atomic E-state index is -0.359. The fourth-order valence-electron chi connectivity index (χ4n) is 2.60. The second-order valence-corrected chi connectivity index (χ2v) is 6.05. The maximum atomic E-state index is 11.9. The van der Waals surface area contributed by atoms with E-state index in [-0.39, 0.29) is 23.1 Å². The Bertz CT molecular complexity index is 756. The van der Waals surface area contributed by atoms with Crippen LogP contribution in [-0.2, 0) is 11.2 Å². The van der Waals surface area contributed by atoms with Crippen LogP contribution in [0.1, 0.15) is 33.5 Å². The van der Waals surface area contributed by atoms with Gasteiger partial charge in [-0.1, -0.05) is 35.9 Å². The highest BCUT2D eigenvalue weighted by Crippen LogP contribution is 2.15. The highest BCUT2D eigenvalue weighted by Gasteiger charge is 2.09. The Labute approximate surface area is 148 Å². The molecule has 0 spiro atoms. The normalized spacial score (nSPS) is 10.3. The number of nitrogens with one attached hydrogen (secondary N) is 2. The van der Waals surface area contributed by atoms with Crippen molar-refractivity contribution >= 4 is 11.8 Å². The van der Waals surface area contributed by atoms with Gasteiger partial charge in [-0.25, -0.2) is 0 Å². The van der Waals surface area contributed by atoms with Gasteiger partial charge in [-0.05, 0) is 43.5 Å². The molecule has 0 saturated carbocycles. The zero-order valence-corrected chi connectivity index (χ0v) is 14.6. The molecule has 0 aliphatic rings. The predicted octanol–water partition coefficient (Wildman–Crippen LogP) is 2.49. The van der Waals surface area contributed by atoms with Gasteiger partial charge in [0.2, 0.25) is 5.91 Å². The summed E-state index contributed by atoms with van der Waals surface area (Å²) < 4.78 is 0. The Kier molecular flexibility index (Phi) is 6.57. The van der Waals surface area contributed by atoms with Gasteiger partial charge in [-0.2, -0.15) is 0 Å². The first-order chi connectivity index (χ1) is 12.0. The van der Waals surface area contributed by atoms with Crippen LogP contribution < -0.4 is 10.6 Å². The molecular weight excluding hydrogens is 316 g/mol. The molecule has 0 radical (unpaired) electrons. The summed E-state index contributed by atoms with van der Waals surface area (Å²) in [6.45, 7) is 4.76. The lowest BCUT2D eigenvalue weighted by molar-refractivity contribution is -0.121. The molecule has 132 valence electrons. The molecule has 0 heterocycles. The van der Waals surface area contributed by atoms with Crippen LogP contribution in [0, 0.1) is 13.8 Å². The summed E-state index contributed by atoms with van der Waals surface area (Å²) in [6, 6.07) is 12.6. The molecule has 5 nitrogen and oxygen atoms in total. The number of hydrogen-bond acceptors (Lipinski definition) is 3. The quantitative estimate of drug-likeness (QED) is 0.678. The van der Waals surface area contributed by atoms with Crippen molar-refractivity contribution in [1.82, 2.24) is 10.6 Å². The minimum Gasteiger partial charge on any atom is -0.507 e. The molecule has 3 N–H and O–H groups in total. The van der Waals surface area contributed by atoms with Crippen molar-refractivity contribution in [1.29, 1.82) is 0 Å². The standard InChI is InChI=1S/C20H24N2O3/c1-14-7-8-16(15(2)13-14)9-10-19(24)21-11-12-22-20(25)17-5-3-4-6-18(17)23/h3-8,13,23H,9-12H2,1-2H3,(H,21,24)(H,22,25). The van der Waals surface area contributed by atoms with Gasteiger partial charge in [0.15, 0.2) is 0 Å². The average molecular weight is 340 g/mol. The molecule has 0 saturated heterocycles. The molecule has 0 aromatic heterocycles. The van der Waals surface area contributed by atoms with E-state index in [9.17, 15) is 14.7 Å². The van der Waals surface area contributed by atoms with E-state index in [1.807, 2.05) is 6.92 Å². The van der Waals surface area contributed by atoms with Crippen LogP contribution in [0.2, 0.25) is 0 Å². The fraction of sp³-hybridized carbons (Fsp3) is 0.300. The van der Waals surface area contributed by atoms with Crippen molar-refractivity contribution in [2.24, 2.45) is 0 Å². The number of hydrogen-bond donors (Lipinski definition) is 3. The molecule has 25 heavy (non-hydrogen) atoms. The average Bonchev–Trinajstić information content (AvgIpc) is 2.58. The van der Waals surface area contributed by atoms with Gasteiger partial charge in [0.25, 0.3) is 5.91 Å². The van der Waals surface area contributed by atoms with Crippen LogP contribution in [0.4, 0.5) is 0 Å². The smallest absolute Gasteiger partial charge is 0.255 e. The van der Waals surface area contributed by atoms with E-state index in [1.165, 1.54) is 22.8 Å². The summed E-state index contributed by atoms with van der Waals surface area (Å²) in [5.74, 6) is -0.461. The second-order valence-electron chi connectivity index (χ2n) is 6.05. The summed E-state index contributed by atoms with van der Waals surface area (Å²) in [6.07, 6.45) is 1.11. The number of aromatic hydroxyl groups is 1. The Hall–Kier alpha value is -2.82. The SMILES string of the molecule is Cc1ccc(CCC(=O)NCCNC(=O)c2ccccc2O)c(C)c1. The Morgan fingerprint density at radius 3 is 2.44 bits per heavy atom. The van der Waals surface area contributed by atoms with E-state index in [0.717, 1.165) is 0 Å². The van der Waals surface area contributed by atoms with Crippen molar-refractivity contribution in [3.8, 4) is 5.75 Å². The third-order valence-electron chi connectivity index (χ3n) is 4.00. The fourth-order valence-corrected chi connectivity index (χ4v) is 2.60. The Morgan fingerprint density at radius 2 is 1.72 bits per heavy atom. The first-order valence-electron chi connectivity index (χ1n) is 8.36. The van der Waals surface area contributed by atoms with Crippen LogP contribution >= 0.6 is 0 Å². The first kappa shape index (κ1) is 18.5. The number of carbonyl (C=O) groups excluding carboxylic acids is 2. The minimum absolute atomic E-state index is 0.0446. The van der Waals surface area contributed by atoms with E-state index in [0.29, 0.717) is 25.9 Å². The first-order valence-corrected chi connectivity index (χ1v) is 8.36. The molecule has 0 bridgehead atoms. The van der Waals surface area contributed by atoms with Crippen LogP contribution in [0.3, 0.4) is 0 Å². The van der Waals surface area contributed by atoms with Crippen molar-refractivity contribution in [2.45, 2.75) is 26.7 Å². The number of aryl methyl sites for hydroxylation is 3. The Morgan fingerprint density at radius 1 is 1.00 bits per heavy atom. The summed E-state index contributed by atoms with van der Waals surface area (Å²) in [7, 11) is 0. The van der Waals surface area contributed by atoms with Gasteiger partial charge in [0, 0.05) is 19.5 Å². The van der Waals surface area contributed by atoms with Crippen molar-refractivity contribution in [3.05, 3.63) is 64.7 Å². The second kappa shape index (κ2) is 8.87. The molecule has 0 atom stereocenters. The maximum absolute atomic E-state index is 11.9. The van der Waals surface area contributed by atoms with Gasteiger partial charge < -0.3 is 15.7 Å². The summed E-state index contributed by atoms with van der Waals surface area (Å²) in [5.41, 5.74) is 3.81. The number of carbonyl (C=O) groups is 2.